The summed E-state index contributed by atoms with van der Waals surface area (Å²) < 4.78 is 13.5. The van der Waals surface area contributed by atoms with E-state index in [0.717, 1.165) is 5.52 Å². The molecule has 33 heavy (non-hydrogen) atoms. The van der Waals surface area contributed by atoms with E-state index < -0.39 is 0 Å². The highest BCUT2D eigenvalue weighted by Gasteiger charge is 2.14. The van der Waals surface area contributed by atoms with Crippen molar-refractivity contribution in [1.82, 2.24) is 9.55 Å². The summed E-state index contributed by atoms with van der Waals surface area (Å²) >= 11 is 0. The SMILES string of the molecule is CC(C)Oc1ccc2[nH]c3cc4c(=O)c5cc(OC(C)C)ccc5n(C)c4cc3c(=O)c2c1. The van der Waals surface area contributed by atoms with Crippen LogP contribution in [0.2, 0.25) is 0 Å². The highest BCUT2D eigenvalue weighted by atomic mass is 16.5. The number of rotatable bonds is 4. The van der Waals surface area contributed by atoms with Gasteiger partial charge in [0, 0.05) is 28.6 Å². The van der Waals surface area contributed by atoms with E-state index in [0.29, 0.717) is 49.6 Å². The summed E-state index contributed by atoms with van der Waals surface area (Å²) in [5, 5.41) is 2.22. The minimum Gasteiger partial charge on any atom is -0.491 e. The molecule has 6 nitrogen and oxygen atoms in total. The zero-order valence-corrected chi connectivity index (χ0v) is 19.4. The molecule has 0 saturated carbocycles. The minimum absolute atomic E-state index is 0.0141. The van der Waals surface area contributed by atoms with Gasteiger partial charge in [0.2, 0.25) is 0 Å². The monoisotopic (exact) mass is 442 g/mol. The van der Waals surface area contributed by atoms with Crippen LogP contribution in [0.5, 0.6) is 11.5 Å². The van der Waals surface area contributed by atoms with Crippen LogP contribution in [0.25, 0.3) is 43.6 Å². The smallest absolute Gasteiger partial charge is 0.197 e. The molecular formula is C27H26N2O4. The predicted octanol–water partition coefficient (Wildman–Crippen LogP) is 5.26. The second kappa shape index (κ2) is 7.66. The van der Waals surface area contributed by atoms with Gasteiger partial charge in [0.1, 0.15) is 11.5 Å². The lowest BCUT2D eigenvalue weighted by molar-refractivity contribution is 0.242. The molecule has 0 atom stereocenters. The van der Waals surface area contributed by atoms with Crippen molar-refractivity contribution in [1.29, 1.82) is 0 Å². The highest BCUT2D eigenvalue weighted by molar-refractivity contribution is 6.03. The van der Waals surface area contributed by atoms with Crippen LogP contribution in [0, 0.1) is 0 Å². The quantitative estimate of drug-likeness (QED) is 0.385. The van der Waals surface area contributed by atoms with Crippen LogP contribution in [0.15, 0.2) is 58.1 Å². The summed E-state index contributed by atoms with van der Waals surface area (Å²) in [4.78, 5) is 30.2. The van der Waals surface area contributed by atoms with E-state index in [1.165, 1.54) is 0 Å². The molecule has 6 heteroatoms. The number of H-pyrrole nitrogens is 1. The fraction of sp³-hybridized carbons (Fsp3) is 0.259. The van der Waals surface area contributed by atoms with Gasteiger partial charge in [-0.05, 0) is 76.2 Å². The van der Waals surface area contributed by atoms with Gasteiger partial charge >= 0.3 is 0 Å². The summed E-state index contributed by atoms with van der Waals surface area (Å²) in [5.41, 5.74) is 2.64. The fourth-order valence-electron chi connectivity index (χ4n) is 4.40. The molecule has 0 bridgehead atoms. The Morgan fingerprint density at radius 3 is 1.88 bits per heavy atom. The molecule has 0 radical (unpaired) electrons. The Morgan fingerprint density at radius 2 is 1.21 bits per heavy atom. The number of nitrogens with zero attached hydrogens (tertiary/aromatic N) is 1. The van der Waals surface area contributed by atoms with E-state index in [9.17, 15) is 9.59 Å². The topological polar surface area (TPSA) is 73.3 Å². The number of pyridine rings is 2. The number of aromatic amines is 1. The van der Waals surface area contributed by atoms with Gasteiger partial charge in [-0.25, -0.2) is 0 Å². The molecule has 5 aromatic rings. The van der Waals surface area contributed by atoms with Crippen molar-refractivity contribution in [2.45, 2.75) is 39.9 Å². The maximum atomic E-state index is 13.4. The van der Waals surface area contributed by atoms with Crippen LogP contribution >= 0.6 is 0 Å². The van der Waals surface area contributed by atoms with Gasteiger partial charge in [-0.2, -0.15) is 0 Å². The van der Waals surface area contributed by atoms with Crippen molar-refractivity contribution in [3.05, 3.63) is 69.0 Å². The third-order valence-electron chi connectivity index (χ3n) is 5.81. The summed E-state index contributed by atoms with van der Waals surface area (Å²) in [7, 11) is 1.91. The van der Waals surface area contributed by atoms with Crippen molar-refractivity contribution < 1.29 is 9.47 Å². The van der Waals surface area contributed by atoms with E-state index >= 15 is 0 Å². The molecule has 0 aliphatic heterocycles. The number of aromatic nitrogens is 2. The molecule has 5 rings (SSSR count). The van der Waals surface area contributed by atoms with Crippen molar-refractivity contribution in [2.24, 2.45) is 7.05 Å². The Balaban J connectivity index is 1.82. The van der Waals surface area contributed by atoms with E-state index in [1.54, 1.807) is 24.3 Å². The molecule has 3 aromatic carbocycles. The van der Waals surface area contributed by atoms with Crippen molar-refractivity contribution in [2.75, 3.05) is 0 Å². The molecule has 0 unspecified atom stereocenters. The van der Waals surface area contributed by atoms with Crippen molar-refractivity contribution >= 4 is 43.6 Å². The standard InChI is InChI=1S/C27H26N2O4/c1-14(2)32-16-6-8-22-18(10-16)26(30)19-13-25-21(12-23(19)28-22)27(31)20-11-17(33-15(3)4)7-9-24(20)29(25)5/h6-15H,1-5H3,(H,28,30). The molecule has 0 aliphatic rings. The number of fused-ring (bicyclic) bond motifs is 4. The van der Waals surface area contributed by atoms with Gasteiger partial charge in [-0.3, -0.25) is 9.59 Å². The number of benzene rings is 3. The maximum absolute atomic E-state index is 13.4. The first-order valence-electron chi connectivity index (χ1n) is 11.1. The lowest BCUT2D eigenvalue weighted by Gasteiger charge is -2.14. The van der Waals surface area contributed by atoms with Gasteiger partial charge in [-0.15, -0.1) is 0 Å². The van der Waals surface area contributed by atoms with Gasteiger partial charge in [-0.1, -0.05) is 0 Å². The second-order valence-electron chi connectivity index (χ2n) is 8.98. The molecule has 0 saturated heterocycles. The first-order valence-corrected chi connectivity index (χ1v) is 11.1. The Bertz CT molecular complexity index is 1680. The number of aryl methyl sites for hydroxylation is 1. The van der Waals surface area contributed by atoms with Crippen molar-refractivity contribution in [3.8, 4) is 11.5 Å². The largest absolute Gasteiger partial charge is 0.491 e. The second-order valence-corrected chi connectivity index (χ2v) is 8.98. The highest BCUT2D eigenvalue weighted by Crippen LogP contribution is 2.27. The average molecular weight is 443 g/mol. The molecule has 0 aliphatic carbocycles. The zero-order chi connectivity index (χ0) is 23.4. The van der Waals surface area contributed by atoms with E-state index in [2.05, 4.69) is 4.98 Å². The van der Waals surface area contributed by atoms with Crippen LogP contribution in [0.4, 0.5) is 0 Å². The molecule has 168 valence electrons. The average Bonchev–Trinajstić information content (AvgIpc) is 2.76. The zero-order valence-electron chi connectivity index (χ0n) is 19.4. The molecule has 2 heterocycles. The lowest BCUT2D eigenvalue weighted by atomic mass is 10.0. The summed E-state index contributed by atoms with van der Waals surface area (Å²) in [5.74, 6) is 1.31. The Morgan fingerprint density at radius 1 is 0.667 bits per heavy atom. The number of ether oxygens (including phenoxy) is 2. The molecule has 0 amide bonds. The van der Waals surface area contributed by atoms with E-state index in [-0.39, 0.29) is 23.1 Å². The maximum Gasteiger partial charge on any atom is 0.197 e. The van der Waals surface area contributed by atoms with Crippen molar-refractivity contribution in [3.63, 3.8) is 0 Å². The van der Waals surface area contributed by atoms with Gasteiger partial charge in [0.15, 0.2) is 10.9 Å². The molecule has 1 N–H and O–H groups in total. The van der Waals surface area contributed by atoms with Crippen LogP contribution in [0.1, 0.15) is 27.7 Å². The molecule has 0 spiro atoms. The number of nitrogens with one attached hydrogen (secondary N) is 1. The lowest BCUT2D eigenvalue weighted by Crippen LogP contribution is -2.12. The first-order chi connectivity index (χ1) is 15.7. The van der Waals surface area contributed by atoms with E-state index in [1.807, 2.05) is 63.6 Å². The van der Waals surface area contributed by atoms with E-state index in [4.69, 9.17) is 9.47 Å². The Kier molecular flexibility index (Phi) is 4.89. The van der Waals surface area contributed by atoms with Gasteiger partial charge < -0.3 is 19.0 Å². The van der Waals surface area contributed by atoms with Crippen LogP contribution in [-0.2, 0) is 7.05 Å². The molecule has 0 fully saturated rings. The van der Waals surface area contributed by atoms with Gasteiger partial charge in [0.25, 0.3) is 0 Å². The summed E-state index contributed by atoms with van der Waals surface area (Å²) in [6.45, 7) is 7.80. The minimum atomic E-state index is -0.0944. The Labute approximate surface area is 190 Å². The molecule has 2 aromatic heterocycles. The third-order valence-corrected chi connectivity index (χ3v) is 5.81. The third kappa shape index (κ3) is 3.52. The summed E-state index contributed by atoms with van der Waals surface area (Å²) in [6, 6.07) is 14.6. The van der Waals surface area contributed by atoms with Gasteiger partial charge in [0.05, 0.1) is 34.3 Å². The summed E-state index contributed by atoms with van der Waals surface area (Å²) in [6.07, 6.45) is 0.0284. The number of hydrogen-bond donors (Lipinski definition) is 1. The first kappa shape index (κ1) is 21.1. The number of hydrogen-bond acceptors (Lipinski definition) is 4. The predicted molar refractivity (Wildman–Crippen MR) is 134 cm³/mol. The normalized spacial score (nSPS) is 12.0. The van der Waals surface area contributed by atoms with Crippen LogP contribution in [-0.4, -0.2) is 21.8 Å². The fourth-order valence-corrected chi connectivity index (χ4v) is 4.40. The van der Waals surface area contributed by atoms with Crippen LogP contribution in [0.3, 0.4) is 0 Å². The van der Waals surface area contributed by atoms with Crippen LogP contribution < -0.4 is 20.3 Å². The Hall–Kier alpha value is -3.80. The molecular weight excluding hydrogens is 416 g/mol.